The number of aromatic nitrogens is 3. The van der Waals surface area contributed by atoms with Gasteiger partial charge in [-0.05, 0) is 56.1 Å². The minimum absolute atomic E-state index is 0.272. The Bertz CT molecular complexity index is 1540. The number of hydrogen-bond donors (Lipinski definition) is 3. The summed E-state index contributed by atoms with van der Waals surface area (Å²) < 4.78 is 0.868. The van der Waals surface area contributed by atoms with E-state index in [0.29, 0.717) is 34.1 Å². The summed E-state index contributed by atoms with van der Waals surface area (Å²) >= 11 is 1.45. The lowest BCUT2D eigenvalue weighted by Gasteiger charge is -2.34. The zero-order valence-electron chi connectivity index (χ0n) is 22.6. The second kappa shape index (κ2) is 11.2. The van der Waals surface area contributed by atoms with Crippen molar-refractivity contribution in [2.45, 2.75) is 32.7 Å². The molecule has 3 aromatic heterocycles. The summed E-state index contributed by atoms with van der Waals surface area (Å²) in [6.45, 7) is 9.07. The highest BCUT2D eigenvalue weighted by atomic mass is 32.1. The van der Waals surface area contributed by atoms with Crippen LogP contribution in [0.3, 0.4) is 0 Å². The Kier molecular flexibility index (Phi) is 7.31. The maximum atomic E-state index is 13.3. The van der Waals surface area contributed by atoms with Gasteiger partial charge in [0.25, 0.3) is 11.8 Å². The van der Waals surface area contributed by atoms with Crippen molar-refractivity contribution in [3.63, 3.8) is 0 Å². The molecule has 2 fully saturated rings. The fourth-order valence-corrected chi connectivity index (χ4v) is 5.72. The van der Waals surface area contributed by atoms with E-state index in [2.05, 4.69) is 47.6 Å². The third kappa shape index (κ3) is 5.61. The number of likely N-dealkylation sites (N-methyl/N-ethyl adjacent to an activating group) is 1. The number of hydrogen-bond acceptors (Lipinski definition) is 9. The molecule has 4 heterocycles. The predicted octanol–water partition coefficient (Wildman–Crippen LogP) is 4.62. The van der Waals surface area contributed by atoms with Crippen molar-refractivity contribution in [2.75, 3.05) is 53.6 Å². The van der Waals surface area contributed by atoms with Gasteiger partial charge >= 0.3 is 0 Å². The van der Waals surface area contributed by atoms with Gasteiger partial charge < -0.3 is 25.8 Å². The van der Waals surface area contributed by atoms with Crippen molar-refractivity contribution in [2.24, 2.45) is 0 Å². The standard InChI is InChI=1S/C29H32N8O2S/c1-3-36-10-12-37(13-11-36)24-9-8-21(15-30-24)34-28(38)19-5-4-18(2)23(14-19)35-29(39)22-16-40-26-25(22)31-17-32-27(26)33-20-6-7-20/h4-5,8-9,14-17,20H,3,6-7,10-13H2,1-2H3,(H,34,38)(H,35,39)(H,31,32,33). The Morgan fingerprint density at radius 3 is 2.55 bits per heavy atom. The van der Waals surface area contributed by atoms with Crippen molar-refractivity contribution in [1.29, 1.82) is 0 Å². The quantitative estimate of drug-likeness (QED) is 0.288. The predicted molar refractivity (Wildman–Crippen MR) is 160 cm³/mol. The second-order valence-corrected chi connectivity index (χ2v) is 11.1. The van der Waals surface area contributed by atoms with Crippen LogP contribution >= 0.6 is 11.3 Å². The number of nitrogens with one attached hydrogen (secondary N) is 3. The first-order valence-corrected chi connectivity index (χ1v) is 14.5. The van der Waals surface area contributed by atoms with Crippen LogP contribution in [0.15, 0.2) is 48.2 Å². The monoisotopic (exact) mass is 556 g/mol. The lowest BCUT2D eigenvalue weighted by molar-refractivity contribution is 0.101. The smallest absolute Gasteiger partial charge is 0.258 e. The lowest BCUT2D eigenvalue weighted by atomic mass is 10.1. The van der Waals surface area contributed by atoms with Crippen molar-refractivity contribution in [3.05, 3.63) is 64.9 Å². The number of piperazine rings is 1. The molecule has 4 aromatic rings. The first kappa shape index (κ1) is 26.1. The molecule has 1 aliphatic carbocycles. The number of rotatable bonds is 8. The van der Waals surface area contributed by atoms with Crippen LogP contribution in [-0.4, -0.2) is 70.4 Å². The molecule has 1 aromatic carbocycles. The molecular formula is C29H32N8O2S. The lowest BCUT2D eigenvalue weighted by Crippen LogP contribution is -2.46. The van der Waals surface area contributed by atoms with Crippen molar-refractivity contribution >= 4 is 56.4 Å². The van der Waals surface area contributed by atoms with Gasteiger partial charge in [0.1, 0.15) is 18.0 Å². The van der Waals surface area contributed by atoms with Gasteiger partial charge in [-0.2, -0.15) is 0 Å². The Hall–Kier alpha value is -4.09. The third-order valence-electron chi connectivity index (χ3n) is 7.41. The van der Waals surface area contributed by atoms with Crippen LogP contribution in [0, 0.1) is 6.92 Å². The Balaban J connectivity index is 1.12. The minimum atomic E-state index is -0.275. The summed E-state index contributed by atoms with van der Waals surface area (Å²) in [5, 5.41) is 11.1. The second-order valence-electron chi connectivity index (χ2n) is 10.2. The van der Waals surface area contributed by atoms with E-state index >= 15 is 0 Å². The highest BCUT2D eigenvalue weighted by Gasteiger charge is 2.24. The summed E-state index contributed by atoms with van der Waals surface area (Å²) in [7, 11) is 0. The molecule has 11 heteroatoms. The zero-order valence-corrected chi connectivity index (χ0v) is 23.4. The van der Waals surface area contributed by atoms with Gasteiger partial charge in [-0.15, -0.1) is 11.3 Å². The summed E-state index contributed by atoms with van der Waals surface area (Å²) in [5.74, 6) is 1.14. The van der Waals surface area contributed by atoms with Crippen LogP contribution in [0.1, 0.15) is 46.0 Å². The van der Waals surface area contributed by atoms with E-state index in [0.717, 1.165) is 67.5 Å². The third-order valence-corrected chi connectivity index (χ3v) is 8.39. The highest BCUT2D eigenvalue weighted by Crippen LogP contribution is 2.33. The molecule has 10 nitrogen and oxygen atoms in total. The first-order chi connectivity index (χ1) is 19.5. The molecule has 2 amide bonds. The molecule has 0 atom stereocenters. The molecule has 1 saturated heterocycles. The number of anilines is 4. The number of benzene rings is 1. The van der Waals surface area contributed by atoms with E-state index in [1.807, 2.05) is 25.1 Å². The van der Waals surface area contributed by atoms with Gasteiger partial charge in [-0.25, -0.2) is 15.0 Å². The summed E-state index contributed by atoms with van der Waals surface area (Å²) in [6.07, 6.45) is 5.44. The molecule has 2 aliphatic rings. The van der Waals surface area contributed by atoms with Crippen LogP contribution in [-0.2, 0) is 0 Å². The van der Waals surface area contributed by atoms with Crippen molar-refractivity contribution in [1.82, 2.24) is 19.9 Å². The van der Waals surface area contributed by atoms with E-state index in [1.165, 1.54) is 17.7 Å². The van der Waals surface area contributed by atoms with E-state index in [9.17, 15) is 9.59 Å². The maximum absolute atomic E-state index is 13.3. The zero-order chi connectivity index (χ0) is 27.6. The van der Waals surface area contributed by atoms with Gasteiger partial charge in [0.15, 0.2) is 0 Å². The van der Waals surface area contributed by atoms with Gasteiger partial charge in [-0.1, -0.05) is 13.0 Å². The molecule has 6 rings (SSSR count). The molecule has 1 saturated carbocycles. The molecule has 0 unspecified atom stereocenters. The topological polar surface area (TPSA) is 115 Å². The van der Waals surface area contributed by atoms with Crippen molar-refractivity contribution in [3.8, 4) is 0 Å². The number of nitrogens with zero attached hydrogens (tertiary/aromatic N) is 5. The SMILES string of the molecule is CCN1CCN(c2ccc(NC(=O)c3ccc(C)c(NC(=O)c4csc5c(NC6CC6)ncnc45)c3)cn2)CC1. The summed E-state index contributed by atoms with van der Waals surface area (Å²) in [4.78, 5) is 44.3. The fourth-order valence-electron chi connectivity index (χ4n) is 4.77. The van der Waals surface area contributed by atoms with Gasteiger partial charge in [0, 0.05) is 48.9 Å². The molecule has 206 valence electrons. The molecule has 0 spiro atoms. The normalized spacial score (nSPS) is 15.7. The largest absolute Gasteiger partial charge is 0.366 e. The number of carbonyl (C=O) groups excluding carboxylic acids is 2. The van der Waals surface area contributed by atoms with Crippen LogP contribution in [0.5, 0.6) is 0 Å². The van der Waals surface area contributed by atoms with E-state index in [-0.39, 0.29) is 11.8 Å². The summed E-state index contributed by atoms with van der Waals surface area (Å²) in [5.41, 5.74) is 3.58. The molecule has 1 aliphatic heterocycles. The average Bonchev–Trinajstić information content (AvgIpc) is 3.69. The number of aryl methyl sites for hydroxylation is 1. The molecular weight excluding hydrogens is 524 g/mol. The number of thiophene rings is 1. The number of carbonyl (C=O) groups is 2. The number of fused-ring (bicyclic) bond motifs is 1. The highest BCUT2D eigenvalue weighted by molar-refractivity contribution is 7.18. The first-order valence-electron chi connectivity index (χ1n) is 13.6. The van der Waals surface area contributed by atoms with Gasteiger partial charge in [0.05, 0.1) is 27.7 Å². The van der Waals surface area contributed by atoms with Crippen LogP contribution in [0.4, 0.5) is 23.0 Å². The molecule has 3 N–H and O–H groups in total. The molecule has 40 heavy (non-hydrogen) atoms. The van der Waals surface area contributed by atoms with E-state index in [1.54, 1.807) is 23.7 Å². The van der Waals surface area contributed by atoms with Crippen LogP contribution in [0.2, 0.25) is 0 Å². The molecule has 0 radical (unpaired) electrons. The fraction of sp³-hybridized carbons (Fsp3) is 0.345. The van der Waals surface area contributed by atoms with Crippen LogP contribution < -0.4 is 20.9 Å². The molecule has 0 bridgehead atoms. The average molecular weight is 557 g/mol. The van der Waals surface area contributed by atoms with E-state index < -0.39 is 0 Å². The number of pyridine rings is 1. The van der Waals surface area contributed by atoms with Gasteiger partial charge in [-0.3, -0.25) is 9.59 Å². The Morgan fingerprint density at radius 2 is 1.82 bits per heavy atom. The Morgan fingerprint density at radius 1 is 1.00 bits per heavy atom. The minimum Gasteiger partial charge on any atom is -0.366 e. The van der Waals surface area contributed by atoms with Crippen molar-refractivity contribution < 1.29 is 9.59 Å². The van der Waals surface area contributed by atoms with E-state index in [4.69, 9.17) is 0 Å². The summed E-state index contributed by atoms with van der Waals surface area (Å²) in [6, 6.07) is 9.54. The van der Waals surface area contributed by atoms with Crippen LogP contribution in [0.25, 0.3) is 10.2 Å². The maximum Gasteiger partial charge on any atom is 0.258 e. The van der Waals surface area contributed by atoms with Gasteiger partial charge in [0.2, 0.25) is 0 Å². The Labute approximate surface area is 236 Å². The number of amides is 2.